The quantitative estimate of drug-likeness (QED) is 0.911. The van der Waals surface area contributed by atoms with Gasteiger partial charge in [-0.1, -0.05) is 32.9 Å². The fourth-order valence-electron chi connectivity index (χ4n) is 3.67. The molecule has 2 aliphatic rings. The van der Waals surface area contributed by atoms with Crippen LogP contribution in [0.2, 0.25) is 0 Å². The molecular weight excluding hydrogens is 312 g/mol. The van der Waals surface area contributed by atoms with Crippen LogP contribution in [0, 0.1) is 0 Å². The average molecular weight is 334 g/mol. The summed E-state index contributed by atoms with van der Waals surface area (Å²) < 4.78 is 0. The molecule has 0 unspecified atom stereocenters. The van der Waals surface area contributed by atoms with Crippen molar-refractivity contribution in [3.8, 4) is 0 Å². The van der Waals surface area contributed by atoms with Crippen LogP contribution in [0.25, 0.3) is 0 Å². The standard InChI is InChI=1S/C21H22N2O2/c1-21(2,3)16-4-6-17(7-5-16)22-20(25)15-10-13-8-9-23-18(24)12-14(11-15)19(13)23/h4-7,10-11H,8-9,12H2,1-3H3,(H,22,25). The first-order valence-corrected chi connectivity index (χ1v) is 8.71. The number of rotatable bonds is 2. The van der Waals surface area contributed by atoms with E-state index in [1.807, 2.05) is 29.2 Å². The Morgan fingerprint density at radius 3 is 2.44 bits per heavy atom. The summed E-state index contributed by atoms with van der Waals surface area (Å²) in [6, 6.07) is 11.8. The number of hydrogen-bond acceptors (Lipinski definition) is 2. The topological polar surface area (TPSA) is 49.4 Å². The van der Waals surface area contributed by atoms with Crippen molar-refractivity contribution in [1.29, 1.82) is 0 Å². The monoisotopic (exact) mass is 334 g/mol. The van der Waals surface area contributed by atoms with Gasteiger partial charge in [-0.05, 0) is 52.8 Å². The Labute approximate surface area is 147 Å². The third-order valence-electron chi connectivity index (χ3n) is 5.06. The lowest BCUT2D eigenvalue weighted by Crippen LogP contribution is -2.24. The minimum atomic E-state index is -0.125. The second kappa shape index (κ2) is 5.45. The molecule has 25 heavy (non-hydrogen) atoms. The van der Waals surface area contributed by atoms with E-state index in [9.17, 15) is 9.59 Å². The van der Waals surface area contributed by atoms with Crippen LogP contribution >= 0.6 is 0 Å². The molecule has 4 nitrogen and oxygen atoms in total. The SMILES string of the molecule is CC(C)(C)c1ccc(NC(=O)c2cc3c4c(c2)CC(=O)N4CC3)cc1. The fourth-order valence-corrected chi connectivity index (χ4v) is 3.67. The number of carbonyl (C=O) groups is 2. The molecule has 2 aromatic carbocycles. The molecule has 0 fully saturated rings. The van der Waals surface area contributed by atoms with E-state index in [-0.39, 0.29) is 17.2 Å². The maximum atomic E-state index is 12.6. The molecule has 2 heterocycles. The van der Waals surface area contributed by atoms with Gasteiger partial charge in [0.05, 0.1) is 12.1 Å². The normalized spacial score (nSPS) is 15.5. The smallest absolute Gasteiger partial charge is 0.255 e. The van der Waals surface area contributed by atoms with Gasteiger partial charge in [-0.25, -0.2) is 0 Å². The zero-order valence-electron chi connectivity index (χ0n) is 14.8. The van der Waals surface area contributed by atoms with Gasteiger partial charge in [0.15, 0.2) is 0 Å². The first-order valence-electron chi connectivity index (χ1n) is 8.71. The van der Waals surface area contributed by atoms with Gasteiger partial charge in [-0.2, -0.15) is 0 Å². The number of nitrogens with one attached hydrogen (secondary N) is 1. The Kier molecular flexibility index (Phi) is 3.46. The fraction of sp³-hybridized carbons (Fsp3) is 0.333. The van der Waals surface area contributed by atoms with Gasteiger partial charge < -0.3 is 10.2 Å². The molecule has 0 aromatic heterocycles. The molecule has 0 aliphatic carbocycles. The first kappa shape index (κ1) is 15.9. The highest BCUT2D eigenvalue weighted by molar-refractivity contribution is 6.08. The molecule has 0 saturated carbocycles. The van der Waals surface area contributed by atoms with E-state index in [0.29, 0.717) is 12.0 Å². The lowest BCUT2D eigenvalue weighted by Gasteiger charge is -2.19. The van der Waals surface area contributed by atoms with Crippen LogP contribution in [-0.4, -0.2) is 18.4 Å². The summed E-state index contributed by atoms with van der Waals surface area (Å²) in [6.45, 7) is 7.23. The molecule has 2 amide bonds. The first-order chi connectivity index (χ1) is 11.8. The molecule has 0 spiro atoms. The number of carbonyl (C=O) groups excluding carboxylic acids is 2. The second-order valence-electron chi connectivity index (χ2n) is 7.90. The second-order valence-corrected chi connectivity index (χ2v) is 7.90. The molecule has 4 rings (SSSR count). The molecule has 0 bridgehead atoms. The molecule has 0 radical (unpaired) electrons. The minimum absolute atomic E-state index is 0.0884. The summed E-state index contributed by atoms with van der Waals surface area (Å²) in [5, 5.41) is 2.97. The number of hydrogen-bond donors (Lipinski definition) is 1. The molecule has 4 heteroatoms. The number of anilines is 2. The van der Waals surface area contributed by atoms with Crippen molar-refractivity contribution in [2.45, 2.75) is 39.0 Å². The van der Waals surface area contributed by atoms with Gasteiger partial charge >= 0.3 is 0 Å². The van der Waals surface area contributed by atoms with Gasteiger partial charge in [-0.3, -0.25) is 9.59 Å². The Hall–Kier alpha value is -2.62. The van der Waals surface area contributed by atoms with Crippen molar-refractivity contribution in [2.24, 2.45) is 0 Å². The Morgan fingerprint density at radius 2 is 1.76 bits per heavy atom. The molecule has 1 N–H and O–H groups in total. The van der Waals surface area contributed by atoms with Crippen LogP contribution in [0.4, 0.5) is 11.4 Å². The minimum Gasteiger partial charge on any atom is -0.322 e. The molecule has 0 saturated heterocycles. The van der Waals surface area contributed by atoms with Crippen molar-refractivity contribution in [3.05, 3.63) is 58.7 Å². The lowest BCUT2D eigenvalue weighted by atomic mass is 9.87. The van der Waals surface area contributed by atoms with Crippen LogP contribution in [0.3, 0.4) is 0 Å². The Morgan fingerprint density at radius 1 is 1.08 bits per heavy atom. The van der Waals surface area contributed by atoms with Crippen molar-refractivity contribution in [1.82, 2.24) is 0 Å². The summed E-state index contributed by atoms with van der Waals surface area (Å²) in [5.41, 5.74) is 5.86. The third-order valence-corrected chi connectivity index (χ3v) is 5.06. The van der Waals surface area contributed by atoms with Gasteiger partial charge in [0, 0.05) is 17.8 Å². The molecule has 2 aliphatic heterocycles. The van der Waals surface area contributed by atoms with Crippen LogP contribution < -0.4 is 10.2 Å². The van der Waals surface area contributed by atoms with Crippen LogP contribution in [0.1, 0.15) is 47.8 Å². The van der Waals surface area contributed by atoms with Crippen molar-refractivity contribution >= 4 is 23.2 Å². The average Bonchev–Trinajstić information content (AvgIpc) is 3.12. The van der Waals surface area contributed by atoms with E-state index < -0.39 is 0 Å². The zero-order chi connectivity index (χ0) is 17.8. The largest absolute Gasteiger partial charge is 0.322 e. The van der Waals surface area contributed by atoms with E-state index in [4.69, 9.17) is 0 Å². The molecule has 128 valence electrons. The van der Waals surface area contributed by atoms with Gasteiger partial charge in [0.1, 0.15) is 0 Å². The van der Waals surface area contributed by atoms with E-state index in [0.717, 1.165) is 35.5 Å². The molecule has 0 atom stereocenters. The van der Waals surface area contributed by atoms with Crippen molar-refractivity contribution in [2.75, 3.05) is 16.8 Å². The van der Waals surface area contributed by atoms with E-state index in [1.165, 1.54) is 5.56 Å². The van der Waals surface area contributed by atoms with Gasteiger partial charge in [-0.15, -0.1) is 0 Å². The predicted octanol–water partition coefficient (Wildman–Crippen LogP) is 3.68. The Bertz CT molecular complexity index is 876. The molecular formula is C21H22N2O2. The highest BCUT2D eigenvalue weighted by Crippen LogP contribution is 2.38. The number of benzene rings is 2. The maximum absolute atomic E-state index is 12.6. The summed E-state index contributed by atoms with van der Waals surface area (Å²) in [4.78, 5) is 26.5. The highest BCUT2D eigenvalue weighted by Gasteiger charge is 2.34. The van der Waals surface area contributed by atoms with Crippen molar-refractivity contribution in [3.63, 3.8) is 0 Å². The van der Waals surface area contributed by atoms with Crippen LogP contribution in [0.15, 0.2) is 36.4 Å². The number of amides is 2. The van der Waals surface area contributed by atoms with Crippen LogP contribution in [0.5, 0.6) is 0 Å². The lowest BCUT2D eigenvalue weighted by molar-refractivity contribution is -0.117. The maximum Gasteiger partial charge on any atom is 0.255 e. The highest BCUT2D eigenvalue weighted by atomic mass is 16.2. The van der Waals surface area contributed by atoms with Gasteiger partial charge in [0.25, 0.3) is 5.91 Å². The summed E-state index contributed by atoms with van der Waals surface area (Å²) in [5.74, 6) is 0.0180. The van der Waals surface area contributed by atoms with E-state index in [1.54, 1.807) is 0 Å². The van der Waals surface area contributed by atoms with Crippen molar-refractivity contribution < 1.29 is 9.59 Å². The van der Waals surface area contributed by atoms with E-state index in [2.05, 4.69) is 38.2 Å². The third kappa shape index (κ3) is 2.72. The summed E-state index contributed by atoms with van der Waals surface area (Å²) in [7, 11) is 0. The van der Waals surface area contributed by atoms with E-state index >= 15 is 0 Å². The predicted molar refractivity (Wildman–Crippen MR) is 99.3 cm³/mol. The number of nitrogens with zero attached hydrogens (tertiary/aromatic N) is 1. The zero-order valence-corrected chi connectivity index (χ0v) is 14.8. The van der Waals surface area contributed by atoms with Crippen LogP contribution in [-0.2, 0) is 23.1 Å². The summed E-state index contributed by atoms with van der Waals surface area (Å²) in [6.07, 6.45) is 1.24. The molecule has 2 aromatic rings. The Balaban J connectivity index is 1.57. The van der Waals surface area contributed by atoms with Gasteiger partial charge in [0.2, 0.25) is 5.91 Å². The summed E-state index contributed by atoms with van der Waals surface area (Å²) >= 11 is 0.